The number of benzene rings is 1. The molecule has 1 amide bonds. The van der Waals surface area contributed by atoms with Crippen LogP contribution in [0.25, 0.3) is 0 Å². The highest BCUT2D eigenvalue weighted by atomic mass is 16.5. The van der Waals surface area contributed by atoms with E-state index in [9.17, 15) is 4.79 Å². The van der Waals surface area contributed by atoms with Crippen molar-refractivity contribution in [3.05, 3.63) is 42.6 Å². The van der Waals surface area contributed by atoms with Crippen molar-refractivity contribution in [1.29, 1.82) is 0 Å². The van der Waals surface area contributed by atoms with Gasteiger partial charge in [-0.1, -0.05) is 31.0 Å². The molecule has 1 aromatic carbocycles. The third-order valence-electron chi connectivity index (χ3n) is 7.80. The van der Waals surface area contributed by atoms with E-state index in [1.54, 1.807) is 0 Å². The molecule has 0 radical (unpaired) electrons. The molecule has 1 aromatic heterocycles. The van der Waals surface area contributed by atoms with Crippen molar-refractivity contribution >= 4 is 17.7 Å². The number of hydrogen-bond donors (Lipinski definition) is 1. The lowest BCUT2D eigenvalue weighted by molar-refractivity contribution is -0.135. The summed E-state index contributed by atoms with van der Waals surface area (Å²) in [6.45, 7) is 6.03. The van der Waals surface area contributed by atoms with Gasteiger partial charge in [0, 0.05) is 51.0 Å². The van der Waals surface area contributed by atoms with Crippen LogP contribution in [-0.2, 0) is 4.79 Å². The molecule has 3 fully saturated rings. The molecule has 1 N–H and O–H groups in total. The Morgan fingerprint density at radius 2 is 1.69 bits per heavy atom. The van der Waals surface area contributed by atoms with Crippen molar-refractivity contribution in [2.45, 2.75) is 63.5 Å². The Balaban J connectivity index is 1.09. The van der Waals surface area contributed by atoms with Crippen LogP contribution in [0.5, 0.6) is 5.75 Å². The van der Waals surface area contributed by atoms with Crippen LogP contribution < -0.4 is 15.0 Å². The quantitative estimate of drug-likeness (QED) is 0.630. The molecule has 3 saturated heterocycles. The first-order chi connectivity index (χ1) is 17.7. The van der Waals surface area contributed by atoms with Crippen LogP contribution in [-0.4, -0.2) is 83.6 Å². The normalized spacial score (nSPS) is 22.2. The van der Waals surface area contributed by atoms with Crippen LogP contribution in [0.15, 0.2) is 42.6 Å². The fourth-order valence-corrected chi connectivity index (χ4v) is 5.77. The maximum Gasteiger partial charge on any atom is 0.260 e. The lowest BCUT2D eigenvalue weighted by Crippen LogP contribution is -2.52. The summed E-state index contributed by atoms with van der Waals surface area (Å²) in [6, 6.07) is 12.5. The van der Waals surface area contributed by atoms with Gasteiger partial charge < -0.3 is 19.9 Å². The first-order valence-electron chi connectivity index (χ1n) is 13.8. The molecule has 36 heavy (non-hydrogen) atoms. The minimum Gasteiger partial charge on any atom is -0.484 e. The SMILES string of the molecule is O=C(COc1ccccc1)N1CCC(N2CCCC(Nc3nccc(N4CCCCCC4)n3)C2)CC1. The highest BCUT2D eigenvalue weighted by Crippen LogP contribution is 2.24. The molecule has 0 bridgehead atoms. The topological polar surface area (TPSA) is 73.8 Å². The molecule has 8 nitrogen and oxygen atoms in total. The number of nitrogens with one attached hydrogen (secondary N) is 1. The Hall–Kier alpha value is -2.87. The second-order valence-electron chi connectivity index (χ2n) is 10.3. The molecular weight excluding hydrogens is 452 g/mol. The highest BCUT2D eigenvalue weighted by molar-refractivity contribution is 5.77. The Bertz CT molecular complexity index is 958. The molecule has 1 atom stereocenters. The molecule has 3 aliphatic rings. The number of likely N-dealkylation sites (tertiary alicyclic amines) is 2. The monoisotopic (exact) mass is 492 g/mol. The van der Waals surface area contributed by atoms with E-state index in [-0.39, 0.29) is 12.5 Å². The lowest BCUT2D eigenvalue weighted by atomic mass is 9.98. The summed E-state index contributed by atoms with van der Waals surface area (Å²) in [5.41, 5.74) is 0. The molecule has 3 aliphatic heterocycles. The standard InChI is InChI=1S/C28H40N6O2/c35-27(22-36-25-10-4-3-5-11-25)33-19-13-24(14-20-33)34-18-8-9-23(21-34)30-28-29-15-12-26(31-28)32-16-6-1-2-7-17-32/h3-5,10-12,15,23-24H,1-2,6-9,13-14,16-22H2,(H,29,30,31). The van der Waals surface area contributed by atoms with E-state index in [2.05, 4.69) is 20.1 Å². The third-order valence-corrected chi connectivity index (χ3v) is 7.80. The van der Waals surface area contributed by atoms with Crippen molar-refractivity contribution in [3.63, 3.8) is 0 Å². The van der Waals surface area contributed by atoms with Crippen molar-refractivity contribution < 1.29 is 9.53 Å². The van der Waals surface area contributed by atoms with E-state index >= 15 is 0 Å². The molecule has 0 saturated carbocycles. The van der Waals surface area contributed by atoms with E-state index in [0.29, 0.717) is 12.1 Å². The van der Waals surface area contributed by atoms with Gasteiger partial charge in [0.2, 0.25) is 5.95 Å². The second-order valence-corrected chi connectivity index (χ2v) is 10.3. The van der Waals surface area contributed by atoms with Gasteiger partial charge in [0.1, 0.15) is 11.6 Å². The average Bonchev–Trinajstić information content (AvgIpc) is 3.23. The summed E-state index contributed by atoms with van der Waals surface area (Å²) in [6.07, 6.45) is 11.4. The Kier molecular flexibility index (Phi) is 8.54. The number of piperidine rings is 2. The van der Waals surface area contributed by atoms with E-state index in [1.807, 2.05) is 47.5 Å². The van der Waals surface area contributed by atoms with E-state index in [0.717, 1.165) is 76.0 Å². The number of rotatable bonds is 7. The maximum absolute atomic E-state index is 12.6. The molecule has 194 valence electrons. The first kappa shape index (κ1) is 24.8. The Morgan fingerprint density at radius 1 is 0.917 bits per heavy atom. The van der Waals surface area contributed by atoms with Crippen LogP contribution >= 0.6 is 0 Å². The van der Waals surface area contributed by atoms with Gasteiger partial charge in [0.05, 0.1) is 0 Å². The van der Waals surface area contributed by atoms with Gasteiger partial charge in [-0.3, -0.25) is 9.69 Å². The smallest absolute Gasteiger partial charge is 0.260 e. The number of amides is 1. The number of aromatic nitrogens is 2. The van der Waals surface area contributed by atoms with E-state index in [1.165, 1.54) is 32.1 Å². The molecule has 0 aliphatic carbocycles. The Labute approximate surface area is 215 Å². The maximum atomic E-state index is 12.6. The van der Waals surface area contributed by atoms with Gasteiger partial charge in [-0.15, -0.1) is 0 Å². The minimum absolute atomic E-state index is 0.0805. The van der Waals surface area contributed by atoms with Crippen LogP contribution in [0.3, 0.4) is 0 Å². The van der Waals surface area contributed by atoms with Gasteiger partial charge in [-0.05, 0) is 63.3 Å². The van der Waals surface area contributed by atoms with Crippen molar-refractivity contribution in [3.8, 4) is 5.75 Å². The number of hydrogen-bond acceptors (Lipinski definition) is 7. The minimum atomic E-state index is 0.0805. The molecular formula is C28H40N6O2. The zero-order valence-corrected chi connectivity index (χ0v) is 21.4. The average molecular weight is 493 g/mol. The molecule has 4 heterocycles. The predicted molar refractivity (Wildman–Crippen MR) is 142 cm³/mol. The van der Waals surface area contributed by atoms with Crippen molar-refractivity contribution in [2.75, 3.05) is 56.1 Å². The van der Waals surface area contributed by atoms with Crippen LogP contribution in [0.2, 0.25) is 0 Å². The zero-order valence-electron chi connectivity index (χ0n) is 21.4. The van der Waals surface area contributed by atoms with E-state index < -0.39 is 0 Å². The van der Waals surface area contributed by atoms with Crippen LogP contribution in [0, 0.1) is 0 Å². The van der Waals surface area contributed by atoms with Crippen molar-refractivity contribution in [1.82, 2.24) is 19.8 Å². The number of carbonyl (C=O) groups excluding carboxylic acids is 1. The van der Waals surface area contributed by atoms with Gasteiger partial charge >= 0.3 is 0 Å². The molecule has 5 rings (SSSR count). The Morgan fingerprint density at radius 3 is 2.47 bits per heavy atom. The summed E-state index contributed by atoms with van der Waals surface area (Å²) in [7, 11) is 0. The molecule has 1 unspecified atom stereocenters. The van der Waals surface area contributed by atoms with Gasteiger partial charge in [0.25, 0.3) is 5.91 Å². The fraction of sp³-hybridized carbons (Fsp3) is 0.607. The number of anilines is 2. The van der Waals surface area contributed by atoms with Gasteiger partial charge in [0.15, 0.2) is 6.61 Å². The van der Waals surface area contributed by atoms with Gasteiger partial charge in [-0.25, -0.2) is 4.98 Å². The summed E-state index contributed by atoms with van der Waals surface area (Å²) in [5, 5.41) is 3.63. The zero-order chi connectivity index (χ0) is 24.6. The summed E-state index contributed by atoms with van der Waals surface area (Å²) >= 11 is 0. The van der Waals surface area contributed by atoms with Crippen LogP contribution in [0.1, 0.15) is 51.4 Å². The summed E-state index contributed by atoms with van der Waals surface area (Å²) in [4.78, 5) is 29.0. The number of para-hydroxylation sites is 1. The number of nitrogens with zero attached hydrogens (tertiary/aromatic N) is 5. The summed E-state index contributed by atoms with van der Waals surface area (Å²) < 4.78 is 5.66. The number of ether oxygens (including phenoxy) is 1. The van der Waals surface area contributed by atoms with Gasteiger partial charge in [-0.2, -0.15) is 4.98 Å². The fourth-order valence-electron chi connectivity index (χ4n) is 5.77. The lowest BCUT2D eigenvalue weighted by Gasteiger charge is -2.42. The third kappa shape index (κ3) is 6.66. The summed E-state index contributed by atoms with van der Waals surface area (Å²) in [5.74, 6) is 2.63. The van der Waals surface area contributed by atoms with Crippen molar-refractivity contribution in [2.24, 2.45) is 0 Å². The first-order valence-corrected chi connectivity index (χ1v) is 13.8. The molecule has 0 spiro atoms. The molecule has 8 heteroatoms. The van der Waals surface area contributed by atoms with Crippen LogP contribution in [0.4, 0.5) is 11.8 Å². The highest BCUT2D eigenvalue weighted by Gasteiger charge is 2.30. The van der Waals surface area contributed by atoms with E-state index in [4.69, 9.17) is 9.72 Å². The second kappa shape index (κ2) is 12.4. The molecule has 2 aromatic rings. The predicted octanol–water partition coefficient (Wildman–Crippen LogP) is 3.80. The number of carbonyl (C=O) groups is 1. The largest absolute Gasteiger partial charge is 0.484 e.